The quantitative estimate of drug-likeness (QED) is 0.831. The zero-order valence-corrected chi connectivity index (χ0v) is 13.5. The van der Waals surface area contributed by atoms with Crippen LogP contribution in [-0.4, -0.2) is 86.1 Å². The second-order valence-corrected chi connectivity index (χ2v) is 7.05. The molecule has 20 heavy (non-hydrogen) atoms. The van der Waals surface area contributed by atoms with Crippen molar-refractivity contribution in [1.29, 1.82) is 0 Å². The van der Waals surface area contributed by atoms with Gasteiger partial charge in [-0.15, -0.1) is 11.3 Å². The molecule has 0 radical (unpaired) electrons. The van der Waals surface area contributed by atoms with Crippen molar-refractivity contribution >= 4 is 11.3 Å². The van der Waals surface area contributed by atoms with Gasteiger partial charge in [0.15, 0.2) is 0 Å². The third-order valence-electron chi connectivity index (χ3n) is 4.57. The Kier molecular flexibility index (Phi) is 4.73. The van der Waals surface area contributed by atoms with E-state index in [1.165, 1.54) is 57.2 Å². The van der Waals surface area contributed by atoms with Gasteiger partial charge in [0, 0.05) is 57.2 Å². The Morgan fingerprint density at radius 3 is 1.75 bits per heavy atom. The maximum absolute atomic E-state index is 2.68. The number of hydrogen-bond donors (Lipinski definition) is 0. The first-order valence-corrected chi connectivity index (χ1v) is 8.50. The molecular formula is C15H26N4S. The topological polar surface area (TPSA) is 13.0 Å². The Hall–Kier alpha value is -0.460. The summed E-state index contributed by atoms with van der Waals surface area (Å²) in [5.74, 6) is 0. The van der Waals surface area contributed by atoms with Gasteiger partial charge in [-0.2, -0.15) is 0 Å². The van der Waals surface area contributed by atoms with Crippen molar-refractivity contribution in [2.75, 3.05) is 66.5 Å². The number of likely N-dealkylation sites (N-methyl/N-ethyl adjacent to an activating group) is 2. The molecule has 0 bridgehead atoms. The van der Waals surface area contributed by atoms with Gasteiger partial charge in [0.1, 0.15) is 0 Å². The summed E-state index contributed by atoms with van der Waals surface area (Å²) < 4.78 is 0. The predicted octanol–water partition coefficient (Wildman–Crippen LogP) is 1.24. The largest absolute Gasteiger partial charge is 0.304 e. The van der Waals surface area contributed by atoms with Crippen LogP contribution in [0.15, 0.2) is 17.5 Å². The summed E-state index contributed by atoms with van der Waals surface area (Å²) in [5.41, 5.74) is 0. The lowest BCUT2D eigenvalue weighted by atomic mass is 10.2. The van der Waals surface area contributed by atoms with Crippen LogP contribution in [-0.2, 0) is 0 Å². The Morgan fingerprint density at radius 2 is 1.35 bits per heavy atom. The normalized spacial score (nSPS) is 24.6. The summed E-state index contributed by atoms with van der Waals surface area (Å²) in [6.45, 7) is 9.50. The molecule has 0 saturated carbocycles. The summed E-state index contributed by atoms with van der Waals surface area (Å²) in [6.07, 6.45) is 0.498. The number of hydrogen-bond acceptors (Lipinski definition) is 5. The molecule has 0 aliphatic carbocycles. The lowest BCUT2D eigenvalue weighted by Crippen LogP contribution is -2.54. The van der Waals surface area contributed by atoms with E-state index in [0.29, 0.717) is 6.17 Å². The molecule has 0 aromatic carbocycles. The zero-order chi connectivity index (χ0) is 13.9. The van der Waals surface area contributed by atoms with Crippen LogP contribution in [0.2, 0.25) is 0 Å². The second-order valence-electron chi connectivity index (χ2n) is 6.07. The molecule has 0 amide bonds. The minimum Gasteiger partial charge on any atom is -0.304 e. The summed E-state index contributed by atoms with van der Waals surface area (Å²) in [7, 11) is 4.46. The van der Waals surface area contributed by atoms with E-state index >= 15 is 0 Å². The molecular weight excluding hydrogens is 268 g/mol. The van der Waals surface area contributed by atoms with Gasteiger partial charge in [-0.05, 0) is 25.5 Å². The van der Waals surface area contributed by atoms with Crippen molar-refractivity contribution in [3.63, 3.8) is 0 Å². The summed E-state index contributed by atoms with van der Waals surface area (Å²) in [5, 5.41) is 2.22. The molecule has 1 aromatic rings. The van der Waals surface area contributed by atoms with E-state index in [1.807, 2.05) is 11.3 Å². The Morgan fingerprint density at radius 1 is 0.850 bits per heavy atom. The van der Waals surface area contributed by atoms with E-state index in [0.717, 1.165) is 0 Å². The highest BCUT2D eigenvalue weighted by Gasteiger charge is 2.31. The van der Waals surface area contributed by atoms with E-state index in [-0.39, 0.29) is 0 Å². The number of nitrogens with zero attached hydrogens (tertiary/aromatic N) is 4. The van der Waals surface area contributed by atoms with Gasteiger partial charge in [-0.1, -0.05) is 6.07 Å². The molecule has 112 valence electrons. The van der Waals surface area contributed by atoms with Crippen LogP contribution in [0.25, 0.3) is 0 Å². The smallest absolute Gasteiger partial charge is 0.0982 e. The maximum Gasteiger partial charge on any atom is 0.0982 e. The average molecular weight is 294 g/mol. The molecule has 0 unspecified atom stereocenters. The van der Waals surface area contributed by atoms with Crippen LogP contribution in [0.1, 0.15) is 11.0 Å². The van der Waals surface area contributed by atoms with E-state index in [1.54, 1.807) is 0 Å². The minimum absolute atomic E-state index is 0.498. The van der Waals surface area contributed by atoms with Crippen LogP contribution >= 0.6 is 11.3 Å². The Balaban J connectivity index is 1.74. The summed E-state index contributed by atoms with van der Waals surface area (Å²) in [4.78, 5) is 11.7. The molecule has 2 saturated heterocycles. The van der Waals surface area contributed by atoms with Gasteiger partial charge in [-0.25, -0.2) is 0 Å². The van der Waals surface area contributed by atoms with Gasteiger partial charge in [0.2, 0.25) is 0 Å². The molecule has 4 nitrogen and oxygen atoms in total. The fourth-order valence-electron chi connectivity index (χ4n) is 3.16. The third kappa shape index (κ3) is 3.23. The second kappa shape index (κ2) is 6.54. The van der Waals surface area contributed by atoms with Gasteiger partial charge in [-0.3, -0.25) is 9.80 Å². The summed E-state index contributed by atoms with van der Waals surface area (Å²) >= 11 is 1.91. The highest BCUT2D eigenvalue weighted by atomic mass is 32.1. The van der Waals surface area contributed by atoms with Crippen molar-refractivity contribution in [2.24, 2.45) is 0 Å². The first kappa shape index (κ1) is 14.5. The third-order valence-corrected chi connectivity index (χ3v) is 5.48. The lowest BCUT2D eigenvalue weighted by molar-refractivity contribution is -0.00871. The summed E-state index contributed by atoms with van der Waals surface area (Å²) in [6, 6.07) is 4.51. The van der Waals surface area contributed by atoms with Gasteiger partial charge in [0.05, 0.1) is 6.17 Å². The van der Waals surface area contributed by atoms with Crippen LogP contribution in [0.5, 0.6) is 0 Å². The first-order chi connectivity index (χ1) is 9.74. The van der Waals surface area contributed by atoms with E-state index < -0.39 is 0 Å². The van der Waals surface area contributed by atoms with E-state index in [4.69, 9.17) is 0 Å². The zero-order valence-electron chi connectivity index (χ0n) is 12.7. The molecule has 5 heteroatoms. The fourth-order valence-corrected chi connectivity index (χ4v) is 4.05. The number of rotatable bonds is 3. The maximum atomic E-state index is 2.68. The standard InChI is InChI=1S/C15H26N4S/c1-16-5-9-18(10-6-16)15(14-4-3-13-20-14)19-11-7-17(2)8-12-19/h3-4,13,15H,5-12H2,1-2H3. The van der Waals surface area contributed by atoms with Crippen molar-refractivity contribution in [1.82, 2.24) is 19.6 Å². The molecule has 0 N–H and O–H groups in total. The van der Waals surface area contributed by atoms with E-state index in [2.05, 4.69) is 51.2 Å². The lowest BCUT2D eigenvalue weighted by Gasteiger charge is -2.45. The first-order valence-electron chi connectivity index (χ1n) is 7.62. The SMILES string of the molecule is CN1CCN(C(c2cccs2)N2CCN(C)CC2)CC1. The van der Waals surface area contributed by atoms with Gasteiger partial charge < -0.3 is 9.80 Å². The molecule has 3 rings (SSSR count). The number of piperazine rings is 2. The van der Waals surface area contributed by atoms with Crippen molar-refractivity contribution in [2.45, 2.75) is 6.17 Å². The van der Waals surface area contributed by atoms with Gasteiger partial charge in [0.25, 0.3) is 0 Å². The highest BCUT2D eigenvalue weighted by molar-refractivity contribution is 7.10. The fraction of sp³-hybridized carbons (Fsp3) is 0.733. The Bertz CT molecular complexity index is 370. The molecule has 2 fully saturated rings. The molecule has 0 spiro atoms. The average Bonchev–Trinajstić information content (AvgIpc) is 2.97. The van der Waals surface area contributed by atoms with Crippen LogP contribution < -0.4 is 0 Å². The van der Waals surface area contributed by atoms with Crippen LogP contribution in [0.4, 0.5) is 0 Å². The molecule has 2 aliphatic heterocycles. The monoisotopic (exact) mass is 294 g/mol. The van der Waals surface area contributed by atoms with Crippen molar-refractivity contribution < 1.29 is 0 Å². The van der Waals surface area contributed by atoms with Crippen molar-refractivity contribution in [3.8, 4) is 0 Å². The van der Waals surface area contributed by atoms with Crippen LogP contribution in [0.3, 0.4) is 0 Å². The van der Waals surface area contributed by atoms with E-state index in [9.17, 15) is 0 Å². The number of thiophene rings is 1. The van der Waals surface area contributed by atoms with Crippen LogP contribution in [0, 0.1) is 0 Å². The Labute approximate surface area is 126 Å². The molecule has 3 heterocycles. The molecule has 0 atom stereocenters. The highest BCUT2D eigenvalue weighted by Crippen LogP contribution is 2.30. The molecule has 2 aliphatic rings. The predicted molar refractivity (Wildman–Crippen MR) is 85.2 cm³/mol. The molecule has 1 aromatic heterocycles. The van der Waals surface area contributed by atoms with Crippen molar-refractivity contribution in [3.05, 3.63) is 22.4 Å². The van der Waals surface area contributed by atoms with Gasteiger partial charge >= 0.3 is 0 Å². The minimum atomic E-state index is 0.498.